The number of halogens is 1. The van der Waals surface area contributed by atoms with Crippen molar-refractivity contribution in [3.8, 4) is 16.9 Å². The van der Waals surface area contributed by atoms with Crippen LogP contribution in [0.2, 0.25) is 0 Å². The number of ether oxygens (including phenoxy) is 1. The highest BCUT2D eigenvalue weighted by Gasteiger charge is 2.36. The summed E-state index contributed by atoms with van der Waals surface area (Å²) in [4.78, 5) is 22.6. The minimum atomic E-state index is -0.705. The van der Waals surface area contributed by atoms with Gasteiger partial charge in [0, 0.05) is 67.9 Å². The fourth-order valence-corrected chi connectivity index (χ4v) is 7.40. The molecule has 0 radical (unpaired) electrons. The third kappa shape index (κ3) is 5.92. The lowest BCUT2D eigenvalue weighted by atomic mass is 9.72. The summed E-state index contributed by atoms with van der Waals surface area (Å²) >= 11 is 0. The van der Waals surface area contributed by atoms with Crippen molar-refractivity contribution in [2.45, 2.75) is 78.6 Å². The van der Waals surface area contributed by atoms with Gasteiger partial charge in [0.05, 0.1) is 11.6 Å². The lowest BCUT2D eigenvalue weighted by Gasteiger charge is -2.41. The molecule has 0 spiro atoms. The van der Waals surface area contributed by atoms with Crippen molar-refractivity contribution in [3.05, 3.63) is 64.8 Å². The molecular formula is C35H43FN6O. The number of pyridine rings is 1. The predicted octanol–water partition coefficient (Wildman–Crippen LogP) is 6.80. The molecule has 1 aliphatic carbocycles. The highest BCUT2D eigenvalue weighted by atomic mass is 19.1. The highest BCUT2D eigenvalue weighted by Crippen LogP contribution is 2.44. The molecule has 0 amide bonds. The van der Waals surface area contributed by atoms with Crippen molar-refractivity contribution in [2.24, 2.45) is 10.4 Å². The van der Waals surface area contributed by atoms with Crippen LogP contribution in [0.25, 0.3) is 22.3 Å². The van der Waals surface area contributed by atoms with E-state index < -0.39 is 6.17 Å². The Morgan fingerprint density at radius 3 is 2.86 bits per heavy atom. The van der Waals surface area contributed by atoms with Gasteiger partial charge in [0.1, 0.15) is 24.4 Å². The first kappa shape index (κ1) is 28.4. The number of H-pyrrole nitrogens is 1. The molecule has 1 N–H and O–H groups in total. The van der Waals surface area contributed by atoms with Gasteiger partial charge in [-0.15, -0.1) is 0 Å². The molecule has 5 heterocycles. The highest BCUT2D eigenvalue weighted by molar-refractivity contribution is 5.89. The van der Waals surface area contributed by atoms with Crippen LogP contribution < -0.4 is 4.74 Å². The number of likely N-dealkylation sites (tertiary alicyclic amines) is 1. The van der Waals surface area contributed by atoms with Gasteiger partial charge in [-0.2, -0.15) is 0 Å². The van der Waals surface area contributed by atoms with Gasteiger partial charge in [0.15, 0.2) is 5.65 Å². The molecule has 3 aliphatic heterocycles. The van der Waals surface area contributed by atoms with Crippen LogP contribution in [0.4, 0.5) is 4.39 Å². The van der Waals surface area contributed by atoms with E-state index in [2.05, 4.69) is 75.9 Å². The second-order valence-electron chi connectivity index (χ2n) is 13.7. The second-order valence-corrected chi connectivity index (χ2v) is 13.7. The number of benzene rings is 1. The number of aryl methyl sites for hydroxylation is 1. The van der Waals surface area contributed by atoms with Crippen LogP contribution in [-0.4, -0.2) is 75.5 Å². The average Bonchev–Trinajstić information content (AvgIpc) is 3.48. The predicted molar refractivity (Wildman–Crippen MR) is 170 cm³/mol. The van der Waals surface area contributed by atoms with Gasteiger partial charge in [-0.05, 0) is 74.3 Å². The number of aliphatic imine (C=N–C) groups is 1. The maximum atomic E-state index is 13.9. The minimum Gasteiger partial charge on any atom is -0.492 e. The summed E-state index contributed by atoms with van der Waals surface area (Å²) in [7, 11) is 0. The molecule has 4 aliphatic rings. The number of rotatable bonds is 4. The SMILES string of the molecule is C/C1=C\CC(CN2CC[C@@H](F)C2)=NC2=C(CC(C)(C)CC2)C1N1CCOc2ccc(-c3cnc4nc(C)[nH]c4c3)cc2C1. The largest absolute Gasteiger partial charge is 0.492 e. The Kier molecular flexibility index (Phi) is 7.46. The zero-order valence-corrected chi connectivity index (χ0v) is 25.9. The first-order valence-electron chi connectivity index (χ1n) is 15.8. The molecule has 43 heavy (non-hydrogen) atoms. The van der Waals surface area contributed by atoms with Gasteiger partial charge in [-0.1, -0.05) is 31.6 Å². The molecule has 7 nitrogen and oxygen atoms in total. The number of imidazole rings is 1. The lowest BCUT2D eigenvalue weighted by Crippen LogP contribution is -2.41. The van der Waals surface area contributed by atoms with Gasteiger partial charge in [-0.25, -0.2) is 14.4 Å². The number of fused-ring (bicyclic) bond motifs is 2. The minimum absolute atomic E-state index is 0.186. The number of aromatic amines is 1. The van der Waals surface area contributed by atoms with Crippen LogP contribution in [0.1, 0.15) is 64.3 Å². The van der Waals surface area contributed by atoms with Crippen LogP contribution >= 0.6 is 0 Å². The number of alkyl halides is 1. The molecule has 0 bridgehead atoms. The number of hydrogen-bond acceptors (Lipinski definition) is 6. The maximum absolute atomic E-state index is 13.9. The van der Waals surface area contributed by atoms with Crippen LogP contribution in [0.15, 0.2) is 58.4 Å². The van der Waals surface area contributed by atoms with Crippen LogP contribution in [0.5, 0.6) is 5.75 Å². The Morgan fingerprint density at radius 1 is 1.14 bits per heavy atom. The smallest absolute Gasteiger partial charge is 0.177 e. The first-order valence-corrected chi connectivity index (χ1v) is 15.8. The topological polar surface area (TPSA) is 69.6 Å². The van der Waals surface area contributed by atoms with E-state index in [0.717, 1.165) is 85.7 Å². The van der Waals surface area contributed by atoms with E-state index in [1.165, 1.54) is 28.1 Å². The van der Waals surface area contributed by atoms with Crippen molar-refractivity contribution in [2.75, 3.05) is 32.8 Å². The molecular weight excluding hydrogens is 539 g/mol. The van der Waals surface area contributed by atoms with E-state index in [9.17, 15) is 4.39 Å². The van der Waals surface area contributed by atoms with Crippen LogP contribution in [0, 0.1) is 12.3 Å². The van der Waals surface area contributed by atoms with Gasteiger partial charge in [-0.3, -0.25) is 14.8 Å². The second kappa shape index (κ2) is 11.3. The third-order valence-electron chi connectivity index (χ3n) is 9.64. The molecule has 7 rings (SSSR count). The molecule has 1 fully saturated rings. The van der Waals surface area contributed by atoms with E-state index in [-0.39, 0.29) is 11.5 Å². The van der Waals surface area contributed by atoms with Crippen molar-refractivity contribution in [1.29, 1.82) is 0 Å². The van der Waals surface area contributed by atoms with E-state index in [1.54, 1.807) is 0 Å². The third-order valence-corrected chi connectivity index (χ3v) is 9.64. The van der Waals surface area contributed by atoms with Crippen LogP contribution in [0.3, 0.4) is 0 Å². The number of aromatic nitrogens is 3. The fourth-order valence-electron chi connectivity index (χ4n) is 7.40. The summed E-state index contributed by atoms with van der Waals surface area (Å²) in [6.07, 6.45) is 8.22. The molecule has 3 aromatic rings. The number of nitrogens with zero attached hydrogens (tertiary/aromatic N) is 5. The number of hydrogen-bond donors (Lipinski definition) is 1. The Morgan fingerprint density at radius 2 is 2.02 bits per heavy atom. The van der Waals surface area contributed by atoms with Crippen molar-refractivity contribution in [3.63, 3.8) is 0 Å². The van der Waals surface area contributed by atoms with E-state index in [1.807, 2.05) is 13.1 Å². The van der Waals surface area contributed by atoms with Gasteiger partial charge in [0.2, 0.25) is 0 Å². The van der Waals surface area contributed by atoms with Crippen molar-refractivity contribution < 1.29 is 9.13 Å². The summed E-state index contributed by atoms with van der Waals surface area (Å²) in [5.41, 5.74) is 10.6. The van der Waals surface area contributed by atoms with Gasteiger partial charge in [0.25, 0.3) is 0 Å². The molecule has 8 heteroatoms. The molecule has 1 unspecified atom stereocenters. The zero-order chi connectivity index (χ0) is 29.7. The number of nitrogens with one attached hydrogen (secondary N) is 1. The molecule has 2 aromatic heterocycles. The average molecular weight is 583 g/mol. The van der Waals surface area contributed by atoms with E-state index in [0.29, 0.717) is 19.6 Å². The first-order chi connectivity index (χ1) is 20.7. The maximum Gasteiger partial charge on any atom is 0.177 e. The van der Waals surface area contributed by atoms with E-state index >= 15 is 0 Å². The standard InChI is InChI=1S/C35H43FN6O/c1-22-5-7-28(21-41-12-10-27(36)20-41)40-30-9-11-35(3,4)17-29(30)33(22)42-13-14-43-32-8-6-24(15-26(32)19-42)25-16-31-34(37-18-25)39-23(2)38-31/h5-6,8,15-16,18,27,33H,7,9-14,17,19-21H2,1-4H3,(H,37,38,39)/b22-5+,40-28?/t27-,33?/m1/s1. The van der Waals surface area contributed by atoms with Gasteiger partial charge < -0.3 is 9.72 Å². The summed E-state index contributed by atoms with van der Waals surface area (Å²) in [5.74, 6) is 1.83. The fraction of sp³-hybridized carbons (Fsp3) is 0.514. The molecule has 2 atom stereocenters. The monoisotopic (exact) mass is 582 g/mol. The summed E-state index contributed by atoms with van der Waals surface area (Å²) in [5, 5.41) is 0. The molecule has 226 valence electrons. The molecule has 0 saturated carbocycles. The lowest BCUT2D eigenvalue weighted by molar-refractivity contribution is 0.189. The van der Waals surface area contributed by atoms with E-state index in [4.69, 9.17) is 9.73 Å². The Hall–Kier alpha value is -3.36. The summed E-state index contributed by atoms with van der Waals surface area (Å²) in [6, 6.07) is 8.84. The summed E-state index contributed by atoms with van der Waals surface area (Å²) in [6.45, 7) is 13.5. The van der Waals surface area contributed by atoms with Crippen molar-refractivity contribution in [1.82, 2.24) is 24.8 Å². The Labute approximate surface area is 254 Å². The van der Waals surface area contributed by atoms with Crippen molar-refractivity contribution >= 4 is 16.9 Å². The van der Waals surface area contributed by atoms with Crippen LogP contribution in [-0.2, 0) is 6.54 Å². The molecule has 1 saturated heterocycles. The zero-order valence-electron chi connectivity index (χ0n) is 25.9. The Bertz CT molecular complexity index is 1630. The summed E-state index contributed by atoms with van der Waals surface area (Å²) < 4.78 is 20.3. The molecule has 1 aromatic carbocycles. The number of allylic oxidation sites excluding steroid dienone is 2. The van der Waals surface area contributed by atoms with Gasteiger partial charge >= 0.3 is 0 Å². The Balaban J connectivity index is 1.22. The quantitative estimate of drug-likeness (QED) is 0.343. The normalized spacial score (nSPS) is 26.1.